The monoisotopic (exact) mass is 586 g/mol. The number of fused-ring (bicyclic) bond motifs is 2. The van der Waals surface area contributed by atoms with Gasteiger partial charge in [0.05, 0.1) is 28.4 Å². The summed E-state index contributed by atoms with van der Waals surface area (Å²) in [6.07, 6.45) is 0. The first kappa shape index (κ1) is 32.8. The molecule has 0 aliphatic rings. The van der Waals surface area contributed by atoms with Crippen molar-refractivity contribution in [2.24, 2.45) is 0 Å². The van der Waals surface area contributed by atoms with Crippen LogP contribution < -0.4 is 18.9 Å². The van der Waals surface area contributed by atoms with Crippen molar-refractivity contribution in [1.29, 1.82) is 0 Å². The van der Waals surface area contributed by atoms with Gasteiger partial charge < -0.3 is 29.2 Å². The molecule has 0 fully saturated rings. The number of phenolic OH excluding ortho intramolecular Hbond substituents is 2. The van der Waals surface area contributed by atoms with Gasteiger partial charge >= 0.3 is 21.7 Å². The summed E-state index contributed by atoms with van der Waals surface area (Å²) in [5.74, 6) is 1.76. The van der Waals surface area contributed by atoms with E-state index in [0.29, 0.717) is 23.0 Å². The van der Waals surface area contributed by atoms with E-state index in [-0.39, 0.29) is 33.2 Å². The zero-order valence-electron chi connectivity index (χ0n) is 23.6. The minimum atomic E-state index is 0. The molecule has 6 nitrogen and oxygen atoms in total. The number of hydrogen-bond acceptors (Lipinski definition) is 6. The van der Waals surface area contributed by atoms with E-state index >= 15 is 0 Å². The van der Waals surface area contributed by atoms with E-state index in [1.54, 1.807) is 36.4 Å². The molecular formula is C34H34O6Ti. The van der Waals surface area contributed by atoms with Crippen LogP contribution in [-0.2, 0) is 21.7 Å². The zero-order chi connectivity index (χ0) is 28.7. The van der Waals surface area contributed by atoms with Crippen molar-refractivity contribution in [3.63, 3.8) is 0 Å². The van der Waals surface area contributed by atoms with Crippen LogP contribution in [-0.4, -0.2) is 38.7 Å². The Morgan fingerprint density at radius 3 is 1.05 bits per heavy atom. The molecule has 2 N–H and O–H groups in total. The Morgan fingerprint density at radius 1 is 0.439 bits per heavy atom. The van der Waals surface area contributed by atoms with Crippen molar-refractivity contribution >= 4 is 21.5 Å². The molecule has 210 valence electrons. The van der Waals surface area contributed by atoms with E-state index in [2.05, 4.69) is 84.9 Å². The van der Waals surface area contributed by atoms with Gasteiger partial charge in [-0.15, -0.1) is 59.3 Å². The Hall–Kier alpha value is -4.39. The minimum Gasteiger partial charge on any atom is -0.502 e. The molecule has 0 heterocycles. The molecule has 41 heavy (non-hydrogen) atoms. The Morgan fingerprint density at radius 2 is 0.756 bits per heavy atom. The summed E-state index contributed by atoms with van der Waals surface area (Å²) in [4.78, 5) is 0. The van der Waals surface area contributed by atoms with Gasteiger partial charge in [-0.3, -0.25) is 0 Å². The first-order valence-corrected chi connectivity index (χ1v) is 12.5. The van der Waals surface area contributed by atoms with Crippen molar-refractivity contribution in [2.45, 2.75) is 0 Å². The summed E-state index contributed by atoms with van der Waals surface area (Å²) in [6, 6.07) is 39.5. The third-order valence-electron chi connectivity index (χ3n) is 5.90. The van der Waals surface area contributed by atoms with Crippen molar-refractivity contribution in [3.05, 3.63) is 121 Å². The second-order valence-electron chi connectivity index (χ2n) is 8.33. The number of ether oxygens (including phenoxy) is 4. The zero-order valence-corrected chi connectivity index (χ0v) is 25.1. The van der Waals surface area contributed by atoms with Crippen molar-refractivity contribution in [3.8, 4) is 34.5 Å². The number of benzene rings is 4. The standard InChI is InChI=1S/2C9H7.2C8H10O3.Ti/c2*1-2-5-9-7-3-6-8(9)4-1;2*1-10-6-4-3-5-7(11-2)8(6)9;/h2*1-7H;2*3-5,9H,1-2H3;/q2*-1;;;+2. The molecule has 0 spiro atoms. The predicted octanol–water partition coefficient (Wildman–Crippen LogP) is 7.93. The van der Waals surface area contributed by atoms with Crippen LogP contribution in [0, 0.1) is 0 Å². The fourth-order valence-electron chi connectivity index (χ4n) is 3.80. The number of para-hydroxylation sites is 2. The molecule has 0 aliphatic carbocycles. The second-order valence-corrected chi connectivity index (χ2v) is 8.33. The van der Waals surface area contributed by atoms with Gasteiger partial charge in [0.1, 0.15) is 0 Å². The summed E-state index contributed by atoms with van der Waals surface area (Å²) in [5, 5.41) is 24.0. The fourth-order valence-corrected chi connectivity index (χ4v) is 3.80. The van der Waals surface area contributed by atoms with Crippen molar-refractivity contribution in [1.82, 2.24) is 0 Å². The number of methoxy groups -OCH3 is 4. The maximum Gasteiger partial charge on any atom is 2.00 e. The van der Waals surface area contributed by atoms with E-state index < -0.39 is 0 Å². The van der Waals surface area contributed by atoms with E-state index in [9.17, 15) is 10.2 Å². The minimum absolute atomic E-state index is 0. The molecule has 0 aromatic heterocycles. The Bertz CT molecular complexity index is 1360. The smallest absolute Gasteiger partial charge is 0.502 e. The largest absolute Gasteiger partial charge is 2.00 e. The predicted molar refractivity (Wildman–Crippen MR) is 162 cm³/mol. The van der Waals surface area contributed by atoms with Crippen LogP contribution in [0.2, 0.25) is 0 Å². The maximum atomic E-state index is 9.34. The molecule has 0 saturated carbocycles. The normalized spacial score (nSPS) is 9.46. The van der Waals surface area contributed by atoms with Crippen LogP contribution in [0.15, 0.2) is 121 Å². The van der Waals surface area contributed by atoms with Gasteiger partial charge in [-0.05, 0) is 24.3 Å². The van der Waals surface area contributed by atoms with Crippen LogP contribution in [0.5, 0.6) is 34.5 Å². The third kappa shape index (κ3) is 9.35. The Labute approximate surface area is 255 Å². The quantitative estimate of drug-likeness (QED) is 0.161. The summed E-state index contributed by atoms with van der Waals surface area (Å²) in [7, 11) is 5.98. The molecule has 0 saturated heterocycles. The summed E-state index contributed by atoms with van der Waals surface area (Å²) >= 11 is 0. The topological polar surface area (TPSA) is 77.4 Å². The number of phenols is 2. The average molecular weight is 587 g/mol. The second kappa shape index (κ2) is 17.3. The molecule has 6 rings (SSSR count). The van der Waals surface area contributed by atoms with Crippen molar-refractivity contribution < 1.29 is 50.9 Å². The SMILES string of the molecule is COc1cccc(OC)c1O.COc1cccc(OC)c1O.[Ti+2].c1ccc2[cH-]ccc2c1.c1ccc2[cH-]ccc2c1. The Kier molecular flexibility index (Phi) is 13.9. The van der Waals surface area contributed by atoms with Gasteiger partial charge in [0.25, 0.3) is 0 Å². The van der Waals surface area contributed by atoms with E-state index in [1.165, 1.54) is 50.0 Å². The molecular weight excluding hydrogens is 552 g/mol. The molecule has 6 aromatic rings. The van der Waals surface area contributed by atoms with Crippen LogP contribution >= 0.6 is 0 Å². The fraction of sp³-hybridized carbons (Fsp3) is 0.118. The van der Waals surface area contributed by atoms with Gasteiger partial charge in [0, 0.05) is 0 Å². The van der Waals surface area contributed by atoms with Gasteiger partial charge in [0.15, 0.2) is 23.0 Å². The molecule has 0 bridgehead atoms. The van der Waals surface area contributed by atoms with Gasteiger partial charge in [-0.25, -0.2) is 0 Å². The molecule has 0 aliphatic heterocycles. The van der Waals surface area contributed by atoms with Crippen LogP contribution in [0.4, 0.5) is 0 Å². The Balaban J connectivity index is 0.000000190. The molecule has 0 unspecified atom stereocenters. The third-order valence-corrected chi connectivity index (χ3v) is 5.90. The summed E-state index contributed by atoms with van der Waals surface area (Å²) in [5.41, 5.74) is 0. The van der Waals surface area contributed by atoms with Crippen LogP contribution in [0.1, 0.15) is 0 Å². The van der Waals surface area contributed by atoms with Gasteiger partial charge in [-0.2, -0.15) is 35.0 Å². The van der Waals surface area contributed by atoms with E-state index in [4.69, 9.17) is 18.9 Å². The van der Waals surface area contributed by atoms with E-state index in [1.807, 2.05) is 0 Å². The first-order valence-electron chi connectivity index (χ1n) is 12.5. The summed E-state index contributed by atoms with van der Waals surface area (Å²) < 4.78 is 19.4. The number of hydrogen-bond donors (Lipinski definition) is 2. The maximum absolute atomic E-state index is 9.34. The van der Waals surface area contributed by atoms with Crippen LogP contribution in [0.25, 0.3) is 21.5 Å². The molecule has 0 radical (unpaired) electrons. The van der Waals surface area contributed by atoms with Gasteiger partial charge in [0.2, 0.25) is 11.5 Å². The number of aromatic hydroxyl groups is 2. The van der Waals surface area contributed by atoms with E-state index in [0.717, 1.165) is 0 Å². The van der Waals surface area contributed by atoms with Crippen molar-refractivity contribution in [2.75, 3.05) is 28.4 Å². The van der Waals surface area contributed by atoms with Crippen LogP contribution in [0.3, 0.4) is 0 Å². The summed E-state index contributed by atoms with van der Waals surface area (Å²) in [6.45, 7) is 0. The molecule has 0 amide bonds. The van der Waals surface area contributed by atoms with Gasteiger partial charge in [-0.1, -0.05) is 24.3 Å². The molecule has 6 aromatic carbocycles. The molecule has 0 atom stereocenters. The number of rotatable bonds is 4. The first-order chi connectivity index (χ1) is 19.5. The average Bonchev–Trinajstić information content (AvgIpc) is 3.68. The molecule has 7 heteroatoms.